The Bertz CT molecular complexity index is 854. The SMILES string of the molecule is COc1ccc(/C=C/[C@@]23NC(=O)CN2c2ccccc2C3(C)C)cc1. The van der Waals surface area contributed by atoms with Gasteiger partial charge in [0, 0.05) is 11.1 Å². The smallest absolute Gasteiger partial charge is 0.241 e. The maximum Gasteiger partial charge on any atom is 0.241 e. The molecule has 2 aliphatic heterocycles. The maximum absolute atomic E-state index is 12.3. The molecule has 4 heteroatoms. The van der Waals surface area contributed by atoms with E-state index in [1.54, 1.807) is 7.11 Å². The molecule has 2 heterocycles. The number of para-hydroxylation sites is 1. The summed E-state index contributed by atoms with van der Waals surface area (Å²) in [5, 5.41) is 3.23. The molecule has 2 aromatic rings. The number of nitrogens with one attached hydrogen (secondary N) is 1. The lowest BCUT2D eigenvalue weighted by Gasteiger charge is -2.40. The van der Waals surface area contributed by atoms with E-state index in [-0.39, 0.29) is 11.3 Å². The number of hydrogen-bond donors (Lipinski definition) is 1. The summed E-state index contributed by atoms with van der Waals surface area (Å²) in [6.45, 7) is 4.76. The van der Waals surface area contributed by atoms with Crippen LogP contribution in [0.5, 0.6) is 5.75 Å². The van der Waals surface area contributed by atoms with Crippen LogP contribution in [0.25, 0.3) is 6.08 Å². The lowest BCUT2D eigenvalue weighted by atomic mass is 9.75. The number of rotatable bonds is 3. The first-order valence-corrected chi connectivity index (χ1v) is 8.49. The molecule has 0 saturated carbocycles. The highest BCUT2D eigenvalue weighted by atomic mass is 16.5. The van der Waals surface area contributed by atoms with Crippen molar-refractivity contribution >= 4 is 17.7 Å². The summed E-state index contributed by atoms with van der Waals surface area (Å²) in [5.41, 5.74) is 2.68. The van der Waals surface area contributed by atoms with Gasteiger partial charge in [0.1, 0.15) is 11.4 Å². The Morgan fingerprint density at radius 1 is 1.12 bits per heavy atom. The fraction of sp³-hybridized carbons (Fsp3) is 0.286. The van der Waals surface area contributed by atoms with Gasteiger partial charge in [0.15, 0.2) is 0 Å². The molecule has 1 saturated heterocycles. The standard InChI is InChI=1S/C21H22N2O2/c1-20(2)17-6-4-5-7-18(17)23-14-19(24)22-21(20,23)13-12-15-8-10-16(25-3)11-9-15/h4-13H,14H2,1-3H3,(H,22,24)/b13-12+/t21-/m1/s1. The molecule has 128 valence electrons. The number of anilines is 1. The van der Waals surface area contributed by atoms with Crippen molar-refractivity contribution in [3.63, 3.8) is 0 Å². The second-order valence-corrected chi connectivity index (χ2v) is 7.15. The van der Waals surface area contributed by atoms with Crippen LogP contribution in [0.1, 0.15) is 25.0 Å². The molecule has 25 heavy (non-hydrogen) atoms. The van der Waals surface area contributed by atoms with Crippen molar-refractivity contribution in [2.75, 3.05) is 18.6 Å². The van der Waals surface area contributed by atoms with E-state index in [1.165, 1.54) is 5.56 Å². The van der Waals surface area contributed by atoms with Gasteiger partial charge in [0.05, 0.1) is 13.7 Å². The minimum Gasteiger partial charge on any atom is -0.497 e. The van der Waals surface area contributed by atoms with Gasteiger partial charge in [-0.15, -0.1) is 0 Å². The first-order valence-electron chi connectivity index (χ1n) is 8.49. The molecule has 0 unspecified atom stereocenters. The van der Waals surface area contributed by atoms with Crippen LogP contribution in [-0.2, 0) is 10.2 Å². The second kappa shape index (κ2) is 5.38. The zero-order valence-electron chi connectivity index (χ0n) is 14.7. The number of carbonyl (C=O) groups is 1. The Labute approximate surface area is 148 Å². The van der Waals surface area contributed by atoms with Crippen LogP contribution in [-0.4, -0.2) is 25.2 Å². The van der Waals surface area contributed by atoms with E-state index < -0.39 is 5.66 Å². The number of carbonyl (C=O) groups excluding carboxylic acids is 1. The van der Waals surface area contributed by atoms with Crippen LogP contribution >= 0.6 is 0 Å². The maximum atomic E-state index is 12.3. The summed E-state index contributed by atoms with van der Waals surface area (Å²) >= 11 is 0. The molecule has 1 fully saturated rings. The highest BCUT2D eigenvalue weighted by Gasteiger charge is 2.59. The van der Waals surface area contributed by atoms with Gasteiger partial charge >= 0.3 is 0 Å². The Morgan fingerprint density at radius 2 is 1.84 bits per heavy atom. The van der Waals surface area contributed by atoms with Gasteiger partial charge in [-0.2, -0.15) is 0 Å². The van der Waals surface area contributed by atoms with E-state index in [4.69, 9.17) is 4.74 Å². The molecule has 4 rings (SSSR count). The van der Waals surface area contributed by atoms with Crippen molar-refractivity contribution in [1.82, 2.24) is 5.32 Å². The summed E-state index contributed by atoms with van der Waals surface area (Å²) in [6, 6.07) is 16.3. The summed E-state index contributed by atoms with van der Waals surface area (Å²) in [5.74, 6) is 0.890. The molecule has 1 atom stereocenters. The summed E-state index contributed by atoms with van der Waals surface area (Å²) in [6.07, 6.45) is 4.20. The third-order valence-electron chi connectivity index (χ3n) is 5.51. The summed E-state index contributed by atoms with van der Waals surface area (Å²) < 4.78 is 5.22. The van der Waals surface area contributed by atoms with E-state index in [1.807, 2.05) is 30.3 Å². The second-order valence-electron chi connectivity index (χ2n) is 7.15. The largest absolute Gasteiger partial charge is 0.497 e. The topological polar surface area (TPSA) is 41.6 Å². The summed E-state index contributed by atoms with van der Waals surface area (Å²) in [7, 11) is 1.66. The van der Waals surface area contributed by atoms with E-state index in [0.717, 1.165) is 17.0 Å². The molecular weight excluding hydrogens is 312 g/mol. The highest BCUT2D eigenvalue weighted by molar-refractivity contribution is 5.91. The highest BCUT2D eigenvalue weighted by Crippen LogP contribution is 2.52. The first-order chi connectivity index (χ1) is 12.0. The number of methoxy groups -OCH3 is 1. The molecule has 2 aliphatic rings. The van der Waals surface area contributed by atoms with Crippen LogP contribution in [0, 0.1) is 0 Å². The third-order valence-corrected chi connectivity index (χ3v) is 5.51. The van der Waals surface area contributed by atoms with Crippen LogP contribution in [0.4, 0.5) is 5.69 Å². The fourth-order valence-electron chi connectivity index (χ4n) is 4.07. The Balaban J connectivity index is 1.78. The minimum absolute atomic E-state index is 0.0574. The van der Waals surface area contributed by atoms with Gasteiger partial charge in [0.25, 0.3) is 0 Å². The van der Waals surface area contributed by atoms with E-state index in [0.29, 0.717) is 6.54 Å². The predicted octanol–water partition coefficient (Wildman–Crippen LogP) is 3.33. The molecule has 1 N–H and O–H groups in total. The number of fused-ring (bicyclic) bond motifs is 3. The zero-order chi connectivity index (χ0) is 17.7. The molecule has 0 aliphatic carbocycles. The van der Waals surface area contributed by atoms with Crippen LogP contribution in [0.2, 0.25) is 0 Å². The first kappa shape index (κ1) is 15.8. The zero-order valence-corrected chi connectivity index (χ0v) is 14.7. The van der Waals surface area contributed by atoms with Crippen LogP contribution < -0.4 is 15.0 Å². The molecule has 0 aromatic heterocycles. The third kappa shape index (κ3) is 2.17. The number of nitrogens with zero attached hydrogens (tertiary/aromatic N) is 1. The average Bonchev–Trinajstić information content (AvgIpc) is 3.05. The molecule has 0 radical (unpaired) electrons. The van der Waals surface area contributed by atoms with Gasteiger partial charge in [-0.25, -0.2) is 0 Å². The van der Waals surface area contributed by atoms with Crippen LogP contribution in [0.3, 0.4) is 0 Å². The molecule has 1 amide bonds. The van der Waals surface area contributed by atoms with Gasteiger partial charge in [-0.1, -0.05) is 50.3 Å². The van der Waals surface area contributed by atoms with Crippen molar-refractivity contribution in [3.8, 4) is 5.75 Å². The molecule has 0 spiro atoms. The minimum atomic E-state index is -0.548. The van der Waals surface area contributed by atoms with Gasteiger partial charge in [0.2, 0.25) is 5.91 Å². The Kier molecular flexibility index (Phi) is 3.39. The normalized spacial score (nSPS) is 23.5. The van der Waals surface area contributed by atoms with Crippen molar-refractivity contribution in [1.29, 1.82) is 0 Å². The average molecular weight is 334 g/mol. The van der Waals surface area contributed by atoms with E-state index in [9.17, 15) is 4.79 Å². The fourth-order valence-corrected chi connectivity index (χ4v) is 4.07. The van der Waals surface area contributed by atoms with Crippen molar-refractivity contribution < 1.29 is 9.53 Å². The molecule has 2 aromatic carbocycles. The quantitative estimate of drug-likeness (QED) is 0.936. The number of hydrogen-bond acceptors (Lipinski definition) is 3. The monoisotopic (exact) mass is 334 g/mol. The van der Waals surface area contributed by atoms with Crippen molar-refractivity contribution in [2.24, 2.45) is 0 Å². The summed E-state index contributed by atoms with van der Waals surface area (Å²) in [4.78, 5) is 14.4. The van der Waals surface area contributed by atoms with Gasteiger partial charge < -0.3 is 15.0 Å². The Hall–Kier alpha value is -2.75. The number of ether oxygens (including phenoxy) is 1. The number of amides is 1. The lowest BCUT2D eigenvalue weighted by molar-refractivity contribution is -0.118. The molecule has 0 bridgehead atoms. The van der Waals surface area contributed by atoms with Gasteiger partial charge in [-0.3, -0.25) is 4.79 Å². The lowest BCUT2D eigenvalue weighted by Crippen LogP contribution is -2.58. The van der Waals surface area contributed by atoms with Crippen molar-refractivity contribution in [2.45, 2.75) is 24.9 Å². The van der Waals surface area contributed by atoms with Crippen LogP contribution in [0.15, 0.2) is 54.6 Å². The van der Waals surface area contributed by atoms with Gasteiger partial charge in [-0.05, 0) is 35.4 Å². The Morgan fingerprint density at radius 3 is 2.56 bits per heavy atom. The van der Waals surface area contributed by atoms with E-state index in [2.05, 4.69) is 54.4 Å². The molecule has 4 nitrogen and oxygen atoms in total. The van der Waals surface area contributed by atoms with Crippen molar-refractivity contribution in [3.05, 3.63) is 65.7 Å². The number of benzene rings is 2. The predicted molar refractivity (Wildman–Crippen MR) is 99.7 cm³/mol. The molecular formula is C21H22N2O2. The van der Waals surface area contributed by atoms with E-state index >= 15 is 0 Å².